The fourth-order valence-corrected chi connectivity index (χ4v) is 3.76. The van der Waals surface area contributed by atoms with E-state index >= 15 is 0 Å². The lowest BCUT2D eigenvalue weighted by atomic mass is 9.69. The van der Waals surface area contributed by atoms with Gasteiger partial charge in [0, 0.05) is 6.04 Å². The van der Waals surface area contributed by atoms with Crippen molar-refractivity contribution in [2.24, 2.45) is 11.8 Å². The molecule has 1 N–H and O–H groups in total. The van der Waals surface area contributed by atoms with Crippen LogP contribution in [0.2, 0.25) is 0 Å². The Kier molecular flexibility index (Phi) is 5.80. The van der Waals surface area contributed by atoms with E-state index in [0.29, 0.717) is 17.9 Å². The van der Waals surface area contributed by atoms with E-state index in [-0.39, 0.29) is 5.82 Å². The van der Waals surface area contributed by atoms with Crippen LogP contribution in [0.25, 0.3) is 0 Å². The third kappa shape index (κ3) is 4.29. The van der Waals surface area contributed by atoms with Crippen molar-refractivity contribution in [3.8, 4) is 0 Å². The monoisotopic (exact) mass is 291 g/mol. The zero-order chi connectivity index (χ0) is 15.4. The molecule has 1 aromatic rings. The molecular formula is C19H30FN. The van der Waals surface area contributed by atoms with Crippen molar-refractivity contribution in [3.63, 3.8) is 0 Å². The van der Waals surface area contributed by atoms with Crippen LogP contribution in [0.3, 0.4) is 0 Å². The fraction of sp³-hybridized carbons (Fsp3) is 0.684. The summed E-state index contributed by atoms with van der Waals surface area (Å²) in [6.45, 7) is 9.84. The first-order valence-corrected chi connectivity index (χ1v) is 8.50. The van der Waals surface area contributed by atoms with Gasteiger partial charge in [-0.2, -0.15) is 0 Å². The summed E-state index contributed by atoms with van der Waals surface area (Å²) in [5, 5.41) is 3.60. The van der Waals surface area contributed by atoms with Gasteiger partial charge in [0.05, 0.1) is 0 Å². The minimum absolute atomic E-state index is 0.115. The molecule has 1 aliphatic rings. The lowest BCUT2D eigenvalue weighted by Gasteiger charge is -2.37. The Bertz CT molecular complexity index is 455. The second kappa shape index (κ2) is 7.40. The molecule has 1 nitrogen and oxygen atoms in total. The highest BCUT2D eigenvalue weighted by Crippen LogP contribution is 2.42. The zero-order valence-electron chi connectivity index (χ0n) is 14.0. The minimum Gasteiger partial charge on any atom is -0.314 e. The second-order valence-electron chi connectivity index (χ2n) is 7.02. The molecule has 21 heavy (non-hydrogen) atoms. The molecule has 3 unspecified atom stereocenters. The molecular weight excluding hydrogens is 261 g/mol. The average Bonchev–Trinajstić information content (AvgIpc) is 2.45. The standard InChI is InChI=1S/C19H30FN/c1-5-15-6-7-16(12-21-13(2)3)19(11-15)18-9-8-17(20)10-14(18)4/h8-10,13,15-16,19,21H,5-7,11-12H2,1-4H3. The van der Waals surface area contributed by atoms with E-state index in [2.05, 4.69) is 33.0 Å². The van der Waals surface area contributed by atoms with Crippen LogP contribution in [0.15, 0.2) is 18.2 Å². The maximum Gasteiger partial charge on any atom is 0.123 e. The van der Waals surface area contributed by atoms with E-state index in [9.17, 15) is 4.39 Å². The van der Waals surface area contributed by atoms with E-state index < -0.39 is 0 Å². The Morgan fingerprint density at radius 2 is 2.05 bits per heavy atom. The van der Waals surface area contributed by atoms with Crippen LogP contribution in [-0.2, 0) is 0 Å². The largest absolute Gasteiger partial charge is 0.314 e. The summed E-state index contributed by atoms with van der Waals surface area (Å²) >= 11 is 0. The Hall–Kier alpha value is -0.890. The number of hydrogen-bond donors (Lipinski definition) is 1. The first-order chi connectivity index (χ1) is 10.0. The van der Waals surface area contributed by atoms with Gasteiger partial charge < -0.3 is 5.32 Å². The Morgan fingerprint density at radius 1 is 1.29 bits per heavy atom. The van der Waals surface area contributed by atoms with Gasteiger partial charge in [-0.15, -0.1) is 0 Å². The molecule has 1 aliphatic carbocycles. The predicted molar refractivity (Wildman–Crippen MR) is 88.1 cm³/mol. The van der Waals surface area contributed by atoms with E-state index in [1.807, 2.05) is 6.07 Å². The topological polar surface area (TPSA) is 12.0 Å². The number of hydrogen-bond acceptors (Lipinski definition) is 1. The molecule has 2 heteroatoms. The molecule has 0 spiro atoms. The third-order valence-electron chi connectivity index (χ3n) is 5.10. The summed E-state index contributed by atoms with van der Waals surface area (Å²) < 4.78 is 13.4. The summed E-state index contributed by atoms with van der Waals surface area (Å²) in [5.74, 6) is 1.97. The van der Waals surface area contributed by atoms with Crippen molar-refractivity contribution >= 4 is 0 Å². The summed E-state index contributed by atoms with van der Waals surface area (Å²) in [7, 11) is 0. The third-order valence-corrected chi connectivity index (χ3v) is 5.10. The molecule has 0 aromatic heterocycles. The Labute approximate surface area is 129 Å². The number of aryl methyl sites for hydroxylation is 1. The highest BCUT2D eigenvalue weighted by Gasteiger charge is 2.31. The number of rotatable bonds is 5. The van der Waals surface area contributed by atoms with E-state index in [0.717, 1.165) is 18.0 Å². The van der Waals surface area contributed by atoms with Crippen LogP contribution in [-0.4, -0.2) is 12.6 Å². The van der Waals surface area contributed by atoms with Crippen molar-refractivity contribution in [2.75, 3.05) is 6.54 Å². The predicted octanol–water partition coefficient (Wildman–Crippen LogP) is 5.04. The zero-order valence-corrected chi connectivity index (χ0v) is 14.0. The van der Waals surface area contributed by atoms with Gasteiger partial charge in [0.15, 0.2) is 0 Å². The van der Waals surface area contributed by atoms with Gasteiger partial charge in [-0.3, -0.25) is 0 Å². The fourth-order valence-electron chi connectivity index (χ4n) is 3.76. The van der Waals surface area contributed by atoms with E-state index in [4.69, 9.17) is 0 Å². The summed E-state index contributed by atoms with van der Waals surface area (Å²) in [5.41, 5.74) is 2.48. The van der Waals surface area contributed by atoms with Crippen LogP contribution < -0.4 is 5.32 Å². The summed E-state index contributed by atoms with van der Waals surface area (Å²) in [6, 6.07) is 5.88. The molecule has 1 saturated carbocycles. The lowest BCUT2D eigenvalue weighted by Crippen LogP contribution is -2.35. The van der Waals surface area contributed by atoms with Crippen LogP contribution in [0.5, 0.6) is 0 Å². The lowest BCUT2D eigenvalue weighted by molar-refractivity contribution is 0.222. The van der Waals surface area contributed by atoms with Crippen LogP contribution in [0.1, 0.15) is 63.5 Å². The normalized spacial score (nSPS) is 26.3. The van der Waals surface area contributed by atoms with Gasteiger partial charge in [-0.05, 0) is 67.3 Å². The van der Waals surface area contributed by atoms with Gasteiger partial charge >= 0.3 is 0 Å². The summed E-state index contributed by atoms with van der Waals surface area (Å²) in [6.07, 6.45) is 5.16. The molecule has 1 aromatic carbocycles. The maximum absolute atomic E-state index is 13.4. The van der Waals surface area contributed by atoms with Crippen molar-refractivity contribution in [1.29, 1.82) is 0 Å². The molecule has 118 valence electrons. The molecule has 1 fully saturated rings. The molecule has 0 heterocycles. The minimum atomic E-state index is -0.115. The number of halogens is 1. The first-order valence-electron chi connectivity index (χ1n) is 8.50. The molecule has 0 amide bonds. The van der Waals surface area contributed by atoms with Crippen molar-refractivity contribution < 1.29 is 4.39 Å². The van der Waals surface area contributed by atoms with Gasteiger partial charge in [-0.1, -0.05) is 39.7 Å². The van der Waals surface area contributed by atoms with Gasteiger partial charge in [0.1, 0.15) is 5.82 Å². The van der Waals surface area contributed by atoms with Crippen LogP contribution in [0, 0.1) is 24.6 Å². The van der Waals surface area contributed by atoms with E-state index in [1.165, 1.54) is 31.2 Å². The molecule has 3 atom stereocenters. The summed E-state index contributed by atoms with van der Waals surface area (Å²) in [4.78, 5) is 0. The van der Waals surface area contributed by atoms with Crippen LogP contribution >= 0.6 is 0 Å². The van der Waals surface area contributed by atoms with Gasteiger partial charge in [-0.25, -0.2) is 4.39 Å². The Morgan fingerprint density at radius 3 is 2.67 bits per heavy atom. The van der Waals surface area contributed by atoms with Crippen LogP contribution in [0.4, 0.5) is 4.39 Å². The molecule has 0 aliphatic heterocycles. The molecule has 0 saturated heterocycles. The Balaban J connectivity index is 2.19. The van der Waals surface area contributed by atoms with Crippen molar-refractivity contribution in [2.45, 2.75) is 65.3 Å². The van der Waals surface area contributed by atoms with Crippen molar-refractivity contribution in [3.05, 3.63) is 35.1 Å². The highest BCUT2D eigenvalue weighted by molar-refractivity contribution is 5.31. The smallest absolute Gasteiger partial charge is 0.123 e. The number of nitrogens with one attached hydrogen (secondary N) is 1. The number of benzene rings is 1. The maximum atomic E-state index is 13.4. The quantitative estimate of drug-likeness (QED) is 0.801. The highest BCUT2D eigenvalue weighted by atomic mass is 19.1. The molecule has 2 rings (SSSR count). The molecule has 0 radical (unpaired) electrons. The van der Waals surface area contributed by atoms with Gasteiger partial charge in [0.2, 0.25) is 0 Å². The van der Waals surface area contributed by atoms with E-state index in [1.54, 1.807) is 12.1 Å². The SMILES string of the molecule is CCC1CCC(CNC(C)C)C(c2ccc(F)cc2C)C1. The average molecular weight is 291 g/mol. The van der Waals surface area contributed by atoms with Crippen molar-refractivity contribution in [1.82, 2.24) is 5.32 Å². The van der Waals surface area contributed by atoms with Gasteiger partial charge in [0.25, 0.3) is 0 Å². The first kappa shape index (κ1) is 16.5. The molecule has 0 bridgehead atoms. The second-order valence-corrected chi connectivity index (χ2v) is 7.02.